The van der Waals surface area contributed by atoms with Crippen LogP contribution in [-0.4, -0.2) is 22.1 Å². The van der Waals surface area contributed by atoms with Crippen LogP contribution < -0.4 is 4.90 Å². The number of rotatable bonds is 3. The van der Waals surface area contributed by atoms with Gasteiger partial charge in [-0.1, -0.05) is 29.8 Å². The molecular weight excluding hydrogens is 409 g/mol. The lowest BCUT2D eigenvalue weighted by atomic mass is 9.99. The number of phenols is 1. The molecule has 0 bridgehead atoms. The van der Waals surface area contributed by atoms with Crippen molar-refractivity contribution >= 4 is 46.5 Å². The highest BCUT2D eigenvalue weighted by Gasteiger charge is 2.35. The summed E-state index contributed by atoms with van der Waals surface area (Å²) in [5.74, 6) is -2.74. The average Bonchev–Trinajstić information content (AvgIpc) is 2.97. The Morgan fingerprint density at radius 2 is 1.87 bits per heavy atom. The Labute approximate surface area is 176 Å². The lowest BCUT2D eigenvalue weighted by molar-refractivity contribution is -0.112. The molecule has 150 valence electrons. The predicted molar refractivity (Wildman–Crippen MR) is 113 cm³/mol. The van der Waals surface area contributed by atoms with Gasteiger partial charge in [0.05, 0.1) is 22.0 Å². The van der Waals surface area contributed by atoms with E-state index in [2.05, 4.69) is 0 Å². The number of carbonyl (C=O) groups is 2. The van der Waals surface area contributed by atoms with Gasteiger partial charge in [-0.15, -0.1) is 0 Å². The van der Waals surface area contributed by atoms with Crippen LogP contribution in [0, 0.1) is 12.7 Å². The van der Waals surface area contributed by atoms with Crippen molar-refractivity contribution in [1.29, 1.82) is 0 Å². The van der Waals surface area contributed by atoms with Crippen LogP contribution in [0.1, 0.15) is 27.0 Å². The summed E-state index contributed by atoms with van der Waals surface area (Å²) in [5.41, 5.74) is 2.32. The Balaban J connectivity index is 1.92. The monoisotopic (exact) mass is 423 g/mol. The largest absolute Gasteiger partial charge is 0.507 e. The van der Waals surface area contributed by atoms with Gasteiger partial charge in [0, 0.05) is 17.2 Å². The van der Waals surface area contributed by atoms with Crippen LogP contribution in [0.15, 0.2) is 54.6 Å². The molecule has 0 atom stereocenters. The second kappa shape index (κ2) is 7.31. The molecule has 0 saturated heterocycles. The molecule has 0 aliphatic carbocycles. The number of nitrogens with zero attached hydrogens (tertiary/aromatic N) is 1. The Morgan fingerprint density at radius 3 is 2.53 bits per heavy atom. The van der Waals surface area contributed by atoms with Gasteiger partial charge in [0.15, 0.2) is 0 Å². The Morgan fingerprint density at radius 1 is 1.13 bits per heavy atom. The van der Waals surface area contributed by atoms with Gasteiger partial charge in [-0.25, -0.2) is 9.18 Å². The predicted octanol–water partition coefficient (Wildman–Crippen LogP) is 5.41. The third-order valence-corrected chi connectivity index (χ3v) is 5.28. The van der Waals surface area contributed by atoms with Crippen molar-refractivity contribution in [1.82, 2.24) is 0 Å². The number of carboxylic acid groups (broad SMARTS) is 1. The van der Waals surface area contributed by atoms with Crippen molar-refractivity contribution in [2.75, 3.05) is 4.90 Å². The van der Waals surface area contributed by atoms with Crippen LogP contribution >= 0.6 is 11.6 Å². The number of anilines is 2. The molecule has 0 spiro atoms. The maximum atomic E-state index is 14.4. The molecule has 30 heavy (non-hydrogen) atoms. The Hall–Kier alpha value is -3.64. The van der Waals surface area contributed by atoms with Gasteiger partial charge in [-0.3, -0.25) is 9.69 Å². The van der Waals surface area contributed by atoms with E-state index in [-0.39, 0.29) is 27.4 Å². The molecule has 0 saturated carbocycles. The number of amides is 1. The van der Waals surface area contributed by atoms with Crippen LogP contribution in [0.5, 0.6) is 5.75 Å². The molecule has 1 heterocycles. The summed E-state index contributed by atoms with van der Waals surface area (Å²) in [5, 5.41) is 19.4. The average molecular weight is 424 g/mol. The minimum atomic E-state index is -1.28. The number of hydrogen-bond donors (Lipinski definition) is 2. The van der Waals surface area contributed by atoms with Crippen LogP contribution in [-0.2, 0) is 4.79 Å². The topological polar surface area (TPSA) is 77.8 Å². The number of aromatic hydroxyl groups is 1. The number of aryl methyl sites for hydroxylation is 1. The number of carboxylic acids is 1. The first-order valence-corrected chi connectivity index (χ1v) is 9.34. The zero-order valence-corrected chi connectivity index (χ0v) is 16.4. The van der Waals surface area contributed by atoms with E-state index in [1.807, 2.05) is 13.0 Å². The smallest absolute Gasteiger partial charge is 0.339 e. The summed E-state index contributed by atoms with van der Waals surface area (Å²) in [4.78, 5) is 25.9. The maximum Gasteiger partial charge on any atom is 0.339 e. The highest BCUT2D eigenvalue weighted by Crippen LogP contribution is 2.45. The molecule has 5 nitrogen and oxygen atoms in total. The molecule has 2 N–H and O–H groups in total. The van der Waals surface area contributed by atoms with Crippen molar-refractivity contribution in [2.24, 2.45) is 0 Å². The van der Waals surface area contributed by atoms with Crippen LogP contribution in [0.3, 0.4) is 0 Å². The van der Waals surface area contributed by atoms with E-state index in [9.17, 15) is 19.1 Å². The van der Waals surface area contributed by atoms with Gasteiger partial charge < -0.3 is 10.2 Å². The molecule has 3 aromatic carbocycles. The maximum absolute atomic E-state index is 14.4. The van der Waals surface area contributed by atoms with Gasteiger partial charge in [-0.05, 0) is 48.9 Å². The Kier molecular flexibility index (Phi) is 4.79. The fraction of sp³-hybridized carbons (Fsp3) is 0.0435. The summed E-state index contributed by atoms with van der Waals surface area (Å²) in [7, 11) is 0. The van der Waals surface area contributed by atoms with Gasteiger partial charge in [0.1, 0.15) is 17.1 Å². The van der Waals surface area contributed by atoms with Crippen LogP contribution in [0.25, 0.3) is 11.6 Å². The summed E-state index contributed by atoms with van der Waals surface area (Å²) in [6.07, 6.45) is 1.41. The van der Waals surface area contributed by atoms with Crippen molar-refractivity contribution in [3.05, 3.63) is 87.7 Å². The summed E-state index contributed by atoms with van der Waals surface area (Å²) in [6, 6.07) is 13.5. The van der Waals surface area contributed by atoms with Crippen molar-refractivity contribution in [2.45, 2.75) is 6.92 Å². The normalized spacial score (nSPS) is 14.3. The van der Waals surface area contributed by atoms with E-state index in [1.54, 1.807) is 12.1 Å². The van der Waals surface area contributed by atoms with Crippen molar-refractivity contribution in [3.63, 3.8) is 0 Å². The van der Waals surface area contributed by atoms with E-state index < -0.39 is 23.4 Å². The quantitative estimate of drug-likeness (QED) is 0.552. The highest BCUT2D eigenvalue weighted by atomic mass is 35.5. The molecule has 0 fully saturated rings. The standard InChI is InChI=1S/C23H15ClFNO4/c1-12-4-2-7-19-21(12)16(11-15-17(24)5-3-6-18(15)25)22(28)26(19)13-8-9-14(23(29)30)20(27)10-13/h2-11,27H,1H3,(H,29,30). The van der Waals surface area contributed by atoms with E-state index in [1.165, 1.54) is 47.4 Å². The minimum Gasteiger partial charge on any atom is -0.507 e. The minimum absolute atomic E-state index is 0.0997. The molecule has 3 aromatic rings. The molecule has 0 radical (unpaired) electrons. The molecule has 0 aromatic heterocycles. The molecule has 1 amide bonds. The number of carbonyl (C=O) groups excluding carboxylic acids is 1. The third kappa shape index (κ3) is 3.11. The second-order valence-corrected chi connectivity index (χ2v) is 7.22. The summed E-state index contributed by atoms with van der Waals surface area (Å²) < 4.78 is 14.4. The Bertz CT molecular complexity index is 1230. The van der Waals surface area contributed by atoms with Gasteiger partial charge in [0.2, 0.25) is 0 Å². The highest BCUT2D eigenvalue weighted by molar-refractivity contribution is 6.39. The number of hydrogen-bond acceptors (Lipinski definition) is 3. The van der Waals surface area contributed by atoms with Gasteiger partial charge in [-0.2, -0.15) is 0 Å². The number of aromatic carboxylic acids is 1. The number of fused-ring (bicyclic) bond motifs is 1. The van der Waals surface area contributed by atoms with E-state index in [4.69, 9.17) is 16.7 Å². The van der Waals surface area contributed by atoms with Crippen LogP contribution in [0.2, 0.25) is 5.02 Å². The van der Waals surface area contributed by atoms with Crippen molar-refractivity contribution < 1.29 is 24.2 Å². The lowest BCUT2D eigenvalue weighted by Gasteiger charge is -2.18. The SMILES string of the molecule is Cc1cccc2c1C(=Cc1c(F)cccc1Cl)C(=O)N2c1ccc(C(=O)O)c(O)c1. The molecule has 1 aliphatic heterocycles. The number of benzene rings is 3. The van der Waals surface area contributed by atoms with E-state index in [0.29, 0.717) is 11.3 Å². The lowest BCUT2D eigenvalue weighted by Crippen LogP contribution is -2.20. The zero-order valence-electron chi connectivity index (χ0n) is 15.7. The van der Waals surface area contributed by atoms with E-state index >= 15 is 0 Å². The number of halogens is 2. The first-order valence-electron chi connectivity index (χ1n) is 8.96. The first-order chi connectivity index (χ1) is 14.3. The van der Waals surface area contributed by atoms with Crippen LogP contribution in [0.4, 0.5) is 15.8 Å². The fourth-order valence-corrected chi connectivity index (χ4v) is 3.77. The van der Waals surface area contributed by atoms with Crippen molar-refractivity contribution in [3.8, 4) is 5.75 Å². The molecule has 1 aliphatic rings. The first kappa shape index (κ1) is 19.7. The molecule has 4 rings (SSSR count). The molecular formula is C23H15ClFNO4. The fourth-order valence-electron chi connectivity index (χ4n) is 3.55. The summed E-state index contributed by atoms with van der Waals surface area (Å²) >= 11 is 6.15. The molecule has 0 unspecified atom stereocenters. The summed E-state index contributed by atoms with van der Waals surface area (Å²) in [6.45, 7) is 1.83. The second-order valence-electron chi connectivity index (χ2n) is 6.81. The van der Waals surface area contributed by atoms with E-state index in [0.717, 1.165) is 5.56 Å². The third-order valence-electron chi connectivity index (χ3n) is 4.95. The molecule has 7 heteroatoms. The zero-order chi connectivity index (χ0) is 21.6. The van der Waals surface area contributed by atoms with Gasteiger partial charge >= 0.3 is 5.97 Å². The van der Waals surface area contributed by atoms with Gasteiger partial charge in [0.25, 0.3) is 5.91 Å².